The van der Waals surface area contributed by atoms with Crippen LogP contribution in [0.4, 0.5) is 0 Å². The molecule has 38 heavy (non-hydrogen) atoms. The molecule has 0 heterocycles. The van der Waals surface area contributed by atoms with E-state index < -0.39 is 22.0 Å². The third-order valence-electron chi connectivity index (χ3n) is 7.39. The van der Waals surface area contributed by atoms with Crippen molar-refractivity contribution in [2.24, 2.45) is 0 Å². The lowest BCUT2D eigenvalue weighted by atomic mass is 9.95. The highest BCUT2D eigenvalue weighted by atomic mass is 32.2. The number of nitrogens with one attached hydrogen (secondary N) is 1. The van der Waals surface area contributed by atoms with Crippen LogP contribution in [0.1, 0.15) is 44.6 Å². The molecule has 1 atom stereocenters. The Kier molecular flexibility index (Phi) is 9.17. The molecule has 1 fully saturated rings. The minimum Gasteiger partial charge on any atom is -0.352 e. The van der Waals surface area contributed by atoms with Crippen molar-refractivity contribution in [1.29, 1.82) is 0 Å². The van der Waals surface area contributed by atoms with Crippen LogP contribution in [-0.4, -0.2) is 61.7 Å². The van der Waals surface area contributed by atoms with E-state index in [0.29, 0.717) is 13.0 Å². The lowest BCUT2D eigenvalue weighted by Gasteiger charge is -2.32. The van der Waals surface area contributed by atoms with E-state index in [-0.39, 0.29) is 23.4 Å². The monoisotopic (exact) mass is 535 g/mol. The first-order valence-corrected chi connectivity index (χ1v) is 14.8. The topological polar surface area (TPSA) is 86.8 Å². The van der Waals surface area contributed by atoms with Gasteiger partial charge in [0.25, 0.3) is 0 Å². The Labute approximate surface area is 225 Å². The van der Waals surface area contributed by atoms with Crippen LogP contribution in [0, 0.1) is 0 Å². The smallest absolute Gasteiger partial charge is 0.243 e. The number of carbonyl (C=O) groups excluding carboxylic acids is 2. The van der Waals surface area contributed by atoms with Crippen molar-refractivity contribution in [3.63, 3.8) is 0 Å². The van der Waals surface area contributed by atoms with Gasteiger partial charge in [-0.3, -0.25) is 9.59 Å². The van der Waals surface area contributed by atoms with Gasteiger partial charge >= 0.3 is 0 Å². The number of rotatable bonds is 10. The molecular weight excluding hydrogens is 498 g/mol. The number of hydrogen-bond acceptors (Lipinski definition) is 4. The van der Waals surface area contributed by atoms with E-state index in [1.54, 1.807) is 25.1 Å². The van der Waals surface area contributed by atoms with Gasteiger partial charge < -0.3 is 10.2 Å². The fraction of sp³-hybridized carbons (Fsp3) is 0.400. The number of fused-ring (bicyclic) bond motifs is 1. The van der Waals surface area contributed by atoms with Crippen LogP contribution in [0.5, 0.6) is 0 Å². The molecule has 0 saturated heterocycles. The van der Waals surface area contributed by atoms with Crippen molar-refractivity contribution in [1.82, 2.24) is 14.5 Å². The first kappa shape index (κ1) is 27.8. The summed E-state index contributed by atoms with van der Waals surface area (Å²) in [6.07, 6.45) is 5.82. The predicted molar refractivity (Wildman–Crippen MR) is 150 cm³/mol. The Morgan fingerprint density at radius 3 is 2.29 bits per heavy atom. The fourth-order valence-corrected chi connectivity index (χ4v) is 6.17. The zero-order valence-electron chi connectivity index (χ0n) is 22.2. The average molecular weight is 536 g/mol. The van der Waals surface area contributed by atoms with E-state index in [0.717, 1.165) is 46.3 Å². The van der Waals surface area contributed by atoms with Gasteiger partial charge in [-0.15, -0.1) is 0 Å². The Balaban J connectivity index is 1.50. The summed E-state index contributed by atoms with van der Waals surface area (Å²) in [4.78, 5) is 28.3. The van der Waals surface area contributed by atoms with E-state index in [2.05, 4.69) is 5.32 Å². The van der Waals surface area contributed by atoms with Gasteiger partial charge in [0.1, 0.15) is 6.04 Å². The molecule has 0 bridgehead atoms. The SMILES string of the molecule is CC(C(=O)NC1CCCCC1)N(CCc1ccccc1)C(=O)CN(C)S(=O)(=O)c1ccc2ccccc2c1. The predicted octanol–water partition coefficient (Wildman–Crippen LogP) is 4.37. The summed E-state index contributed by atoms with van der Waals surface area (Å²) in [6, 6.07) is 21.7. The average Bonchev–Trinajstić information content (AvgIpc) is 2.93. The molecular formula is C30H37N3O4S. The Morgan fingerprint density at radius 2 is 1.58 bits per heavy atom. The first-order valence-electron chi connectivity index (χ1n) is 13.3. The molecule has 8 heteroatoms. The molecule has 0 radical (unpaired) electrons. The molecule has 3 aromatic rings. The molecule has 0 aliphatic heterocycles. The first-order chi connectivity index (χ1) is 18.3. The Bertz CT molecular complexity index is 1350. The van der Waals surface area contributed by atoms with Crippen LogP contribution in [0.3, 0.4) is 0 Å². The molecule has 1 unspecified atom stereocenters. The van der Waals surface area contributed by atoms with Crippen molar-refractivity contribution in [3.05, 3.63) is 78.4 Å². The number of hydrogen-bond donors (Lipinski definition) is 1. The molecule has 1 N–H and O–H groups in total. The van der Waals surface area contributed by atoms with Crippen molar-refractivity contribution in [2.45, 2.75) is 62.4 Å². The number of benzene rings is 3. The quantitative estimate of drug-likeness (QED) is 0.418. The number of likely N-dealkylation sites (N-methyl/N-ethyl adjacent to an activating group) is 1. The van der Waals surface area contributed by atoms with Gasteiger partial charge in [-0.25, -0.2) is 8.42 Å². The highest BCUT2D eigenvalue weighted by Crippen LogP contribution is 2.22. The second-order valence-corrected chi connectivity index (χ2v) is 12.2. The van der Waals surface area contributed by atoms with Crippen molar-refractivity contribution in [2.75, 3.05) is 20.1 Å². The fourth-order valence-electron chi connectivity index (χ4n) is 5.01. The lowest BCUT2D eigenvalue weighted by molar-refractivity contribution is -0.140. The van der Waals surface area contributed by atoms with E-state index in [4.69, 9.17) is 0 Å². The van der Waals surface area contributed by atoms with Crippen molar-refractivity contribution >= 4 is 32.6 Å². The maximum absolute atomic E-state index is 13.5. The van der Waals surface area contributed by atoms with Gasteiger partial charge in [-0.2, -0.15) is 4.31 Å². The zero-order chi connectivity index (χ0) is 27.1. The summed E-state index contributed by atoms with van der Waals surface area (Å²) >= 11 is 0. The van der Waals surface area contributed by atoms with Crippen LogP contribution >= 0.6 is 0 Å². The standard InChI is InChI=1S/C30H37N3O4S/c1-23(30(35)31-27-15-7-4-8-16-27)33(20-19-24-11-5-3-6-12-24)29(34)22-32(2)38(36,37)28-18-17-25-13-9-10-14-26(25)21-28/h3,5-6,9-14,17-18,21,23,27H,4,7-8,15-16,19-20,22H2,1-2H3,(H,31,35). The third-order valence-corrected chi connectivity index (χ3v) is 9.19. The molecule has 0 spiro atoms. The number of nitrogens with zero attached hydrogens (tertiary/aromatic N) is 2. The van der Waals surface area contributed by atoms with Crippen LogP contribution in [-0.2, 0) is 26.0 Å². The summed E-state index contributed by atoms with van der Waals surface area (Å²) < 4.78 is 27.8. The molecule has 2 amide bonds. The van der Waals surface area contributed by atoms with E-state index in [1.807, 2.05) is 54.6 Å². The van der Waals surface area contributed by atoms with Crippen molar-refractivity contribution in [3.8, 4) is 0 Å². The Morgan fingerprint density at radius 1 is 0.921 bits per heavy atom. The van der Waals surface area contributed by atoms with Crippen LogP contribution < -0.4 is 5.32 Å². The van der Waals surface area contributed by atoms with Gasteiger partial charge in [0.15, 0.2) is 0 Å². The van der Waals surface area contributed by atoms with E-state index >= 15 is 0 Å². The second-order valence-electron chi connectivity index (χ2n) is 10.1. The number of amides is 2. The van der Waals surface area contributed by atoms with E-state index in [1.165, 1.54) is 18.4 Å². The van der Waals surface area contributed by atoms with Gasteiger partial charge in [0.2, 0.25) is 21.8 Å². The molecule has 1 aliphatic carbocycles. The summed E-state index contributed by atoms with van der Waals surface area (Å²) in [5, 5.41) is 4.86. The van der Waals surface area contributed by atoms with Crippen LogP contribution in [0.25, 0.3) is 10.8 Å². The third kappa shape index (κ3) is 6.79. The maximum atomic E-state index is 13.5. The lowest BCUT2D eigenvalue weighted by Crippen LogP contribution is -2.53. The molecule has 1 aliphatic rings. The van der Waals surface area contributed by atoms with Crippen molar-refractivity contribution < 1.29 is 18.0 Å². The van der Waals surface area contributed by atoms with Crippen LogP contribution in [0.2, 0.25) is 0 Å². The molecule has 3 aromatic carbocycles. The van der Waals surface area contributed by atoms with Gasteiger partial charge in [0, 0.05) is 19.6 Å². The highest BCUT2D eigenvalue weighted by Gasteiger charge is 2.31. The Hall–Kier alpha value is -3.23. The molecule has 7 nitrogen and oxygen atoms in total. The number of sulfonamides is 1. The summed E-state index contributed by atoms with van der Waals surface area (Å²) in [5.74, 6) is -0.600. The number of carbonyl (C=O) groups is 2. The summed E-state index contributed by atoms with van der Waals surface area (Å²) in [7, 11) is -2.50. The molecule has 0 aromatic heterocycles. The second kappa shape index (κ2) is 12.5. The largest absolute Gasteiger partial charge is 0.352 e. The molecule has 4 rings (SSSR count). The van der Waals surface area contributed by atoms with Gasteiger partial charge in [-0.05, 0) is 54.7 Å². The van der Waals surface area contributed by atoms with Crippen LogP contribution in [0.15, 0.2) is 77.7 Å². The normalized spacial score (nSPS) is 15.3. The minimum atomic E-state index is -3.91. The summed E-state index contributed by atoms with van der Waals surface area (Å²) in [5.41, 5.74) is 1.04. The highest BCUT2D eigenvalue weighted by molar-refractivity contribution is 7.89. The maximum Gasteiger partial charge on any atom is 0.243 e. The molecule has 202 valence electrons. The van der Waals surface area contributed by atoms with E-state index in [9.17, 15) is 18.0 Å². The summed E-state index contributed by atoms with van der Waals surface area (Å²) in [6.45, 7) is 1.68. The molecule has 1 saturated carbocycles. The van der Waals surface area contributed by atoms with Gasteiger partial charge in [-0.1, -0.05) is 79.9 Å². The zero-order valence-corrected chi connectivity index (χ0v) is 23.0. The minimum absolute atomic E-state index is 0.126. The van der Waals surface area contributed by atoms with Gasteiger partial charge in [0.05, 0.1) is 11.4 Å².